The quantitative estimate of drug-likeness (QED) is 0.854. The van der Waals surface area contributed by atoms with E-state index in [0.29, 0.717) is 23.9 Å². The van der Waals surface area contributed by atoms with Crippen molar-refractivity contribution < 1.29 is 17.9 Å². The third-order valence-corrected chi connectivity index (χ3v) is 4.68. The van der Waals surface area contributed by atoms with Crippen LogP contribution in [0.25, 0.3) is 0 Å². The normalized spacial score (nSPS) is 19.6. The lowest BCUT2D eigenvalue weighted by molar-refractivity contribution is 0.00167. The van der Waals surface area contributed by atoms with Gasteiger partial charge in [0.2, 0.25) is 10.0 Å². The number of ether oxygens (including phenoxy) is 1. The second-order valence-electron chi connectivity index (χ2n) is 4.96. The summed E-state index contributed by atoms with van der Waals surface area (Å²) in [5.74, 6) is 0. The van der Waals surface area contributed by atoms with Crippen molar-refractivity contribution in [3.8, 4) is 0 Å². The number of nitrogens with zero attached hydrogens (tertiary/aromatic N) is 1. The zero-order valence-corrected chi connectivity index (χ0v) is 13.7. The third kappa shape index (κ3) is 5.13. The lowest BCUT2D eigenvalue weighted by atomic mass is 10.3. The lowest BCUT2D eigenvalue weighted by Crippen LogP contribution is -2.49. The van der Waals surface area contributed by atoms with Crippen LogP contribution in [0.4, 0.5) is 10.5 Å². The first-order chi connectivity index (χ1) is 10.3. The molecule has 2 rings (SSSR count). The average Bonchev–Trinajstić information content (AvgIpc) is 2.47. The van der Waals surface area contributed by atoms with Crippen molar-refractivity contribution in [3.63, 3.8) is 0 Å². The van der Waals surface area contributed by atoms with Gasteiger partial charge in [-0.1, -0.05) is 11.6 Å². The van der Waals surface area contributed by atoms with Crippen LogP contribution in [0.2, 0.25) is 5.02 Å². The van der Waals surface area contributed by atoms with Gasteiger partial charge in [-0.15, -0.1) is 0 Å². The number of benzene rings is 1. The Bertz CT molecular complexity index is 621. The molecular weight excluding hydrogens is 330 g/mol. The van der Waals surface area contributed by atoms with E-state index in [-0.39, 0.29) is 25.2 Å². The van der Waals surface area contributed by atoms with Crippen LogP contribution in [0.1, 0.15) is 0 Å². The van der Waals surface area contributed by atoms with Crippen molar-refractivity contribution in [2.24, 2.45) is 0 Å². The fraction of sp³-hybridized carbons (Fsp3) is 0.462. The van der Waals surface area contributed by atoms with E-state index in [9.17, 15) is 13.2 Å². The van der Waals surface area contributed by atoms with Crippen LogP contribution in [0.3, 0.4) is 0 Å². The van der Waals surface area contributed by atoms with E-state index in [0.717, 1.165) is 6.26 Å². The van der Waals surface area contributed by atoms with Gasteiger partial charge in [-0.25, -0.2) is 13.2 Å². The minimum absolute atomic E-state index is 0.228. The molecule has 0 aromatic heterocycles. The van der Waals surface area contributed by atoms with Gasteiger partial charge >= 0.3 is 6.03 Å². The number of carbonyl (C=O) groups is 1. The van der Waals surface area contributed by atoms with Crippen LogP contribution in [-0.4, -0.2) is 57.4 Å². The standard InChI is InChI=1S/C13H18ClN3O4S/c1-22(19,20)17-6-7-21-12(9-17)8-15-13(18)16-11-4-2-10(14)3-5-11/h2-5,12H,6-9H2,1H3,(H2,15,16,18). The molecule has 1 heterocycles. The minimum atomic E-state index is -3.24. The molecule has 0 bridgehead atoms. The van der Waals surface area contributed by atoms with Crippen molar-refractivity contribution in [2.45, 2.75) is 6.10 Å². The molecule has 2 amide bonds. The fourth-order valence-electron chi connectivity index (χ4n) is 2.03. The molecule has 1 saturated heterocycles. The Morgan fingerprint density at radius 1 is 1.41 bits per heavy atom. The number of carbonyl (C=O) groups excluding carboxylic acids is 1. The Morgan fingerprint density at radius 2 is 2.09 bits per heavy atom. The summed E-state index contributed by atoms with van der Waals surface area (Å²) >= 11 is 5.76. The number of anilines is 1. The van der Waals surface area contributed by atoms with Crippen LogP contribution in [0.15, 0.2) is 24.3 Å². The van der Waals surface area contributed by atoms with Crippen LogP contribution < -0.4 is 10.6 Å². The maximum atomic E-state index is 11.8. The third-order valence-electron chi connectivity index (χ3n) is 3.16. The van der Waals surface area contributed by atoms with E-state index < -0.39 is 10.0 Å². The number of sulfonamides is 1. The number of rotatable bonds is 4. The van der Waals surface area contributed by atoms with Crippen molar-refractivity contribution >= 4 is 33.3 Å². The van der Waals surface area contributed by atoms with E-state index in [1.54, 1.807) is 24.3 Å². The van der Waals surface area contributed by atoms with Gasteiger partial charge in [0.25, 0.3) is 0 Å². The first kappa shape index (κ1) is 17.0. The van der Waals surface area contributed by atoms with E-state index >= 15 is 0 Å². The maximum absolute atomic E-state index is 11.8. The molecule has 0 aliphatic carbocycles. The van der Waals surface area contributed by atoms with Crippen molar-refractivity contribution in [2.75, 3.05) is 37.8 Å². The molecule has 2 N–H and O–H groups in total. The average molecular weight is 348 g/mol. The molecule has 0 radical (unpaired) electrons. The number of nitrogens with one attached hydrogen (secondary N) is 2. The highest BCUT2D eigenvalue weighted by molar-refractivity contribution is 7.88. The Balaban J connectivity index is 1.79. The summed E-state index contributed by atoms with van der Waals surface area (Å²) < 4.78 is 29.8. The number of halogens is 1. The summed E-state index contributed by atoms with van der Waals surface area (Å²) in [5.41, 5.74) is 0.615. The maximum Gasteiger partial charge on any atom is 0.319 e. The van der Waals surface area contributed by atoms with E-state index in [1.165, 1.54) is 4.31 Å². The monoisotopic (exact) mass is 347 g/mol. The molecule has 7 nitrogen and oxygen atoms in total. The summed E-state index contributed by atoms with van der Waals surface area (Å²) in [6, 6.07) is 6.33. The first-order valence-electron chi connectivity index (χ1n) is 6.72. The van der Waals surface area contributed by atoms with E-state index in [2.05, 4.69) is 10.6 Å². The number of hydrogen-bond acceptors (Lipinski definition) is 4. The van der Waals surface area contributed by atoms with Gasteiger partial charge in [-0.3, -0.25) is 0 Å². The Hall–Kier alpha value is -1.35. The van der Waals surface area contributed by atoms with E-state index in [4.69, 9.17) is 16.3 Å². The number of urea groups is 1. The highest BCUT2D eigenvalue weighted by Crippen LogP contribution is 2.13. The molecular formula is C13H18ClN3O4S. The summed E-state index contributed by atoms with van der Waals surface area (Å²) in [6.45, 7) is 1.12. The highest BCUT2D eigenvalue weighted by atomic mass is 35.5. The molecule has 0 spiro atoms. The molecule has 1 unspecified atom stereocenters. The number of morpholine rings is 1. The van der Waals surface area contributed by atoms with Gasteiger partial charge in [-0.2, -0.15) is 4.31 Å². The molecule has 1 atom stereocenters. The Kier molecular flexibility index (Phi) is 5.63. The van der Waals surface area contributed by atoms with Crippen LogP contribution in [0, 0.1) is 0 Å². The van der Waals surface area contributed by atoms with Crippen LogP contribution in [0.5, 0.6) is 0 Å². The summed E-state index contributed by atoms with van der Waals surface area (Å²) in [7, 11) is -3.24. The molecule has 22 heavy (non-hydrogen) atoms. The Labute approximate surface area is 134 Å². The van der Waals surface area contributed by atoms with Gasteiger partial charge in [0.15, 0.2) is 0 Å². The van der Waals surface area contributed by atoms with E-state index in [1.807, 2.05) is 0 Å². The smallest absolute Gasteiger partial charge is 0.319 e. The minimum Gasteiger partial charge on any atom is -0.374 e. The fourth-order valence-corrected chi connectivity index (χ4v) is 3.00. The molecule has 122 valence electrons. The van der Waals surface area contributed by atoms with Gasteiger partial charge in [-0.05, 0) is 24.3 Å². The molecule has 1 fully saturated rings. The summed E-state index contributed by atoms with van der Waals surface area (Å²) in [6.07, 6.45) is 0.801. The van der Waals surface area contributed by atoms with Gasteiger partial charge in [0.05, 0.1) is 19.0 Å². The molecule has 1 aromatic carbocycles. The predicted molar refractivity (Wildman–Crippen MR) is 84.6 cm³/mol. The second-order valence-corrected chi connectivity index (χ2v) is 7.37. The SMILES string of the molecule is CS(=O)(=O)N1CCOC(CNC(=O)Nc2ccc(Cl)cc2)C1. The lowest BCUT2D eigenvalue weighted by Gasteiger charge is -2.31. The van der Waals surface area contributed by atoms with Crippen molar-refractivity contribution in [1.82, 2.24) is 9.62 Å². The molecule has 1 aromatic rings. The zero-order valence-electron chi connectivity index (χ0n) is 12.1. The topological polar surface area (TPSA) is 87.7 Å². The van der Waals surface area contributed by atoms with Gasteiger partial charge < -0.3 is 15.4 Å². The first-order valence-corrected chi connectivity index (χ1v) is 8.94. The Morgan fingerprint density at radius 3 is 2.73 bits per heavy atom. The molecule has 9 heteroatoms. The van der Waals surface area contributed by atoms with Crippen LogP contribution in [-0.2, 0) is 14.8 Å². The van der Waals surface area contributed by atoms with Gasteiger partial charge in [0.1, 0.15) is 0 Å². The number of hydrogen-bond donors (Lipinski definition) is 2. The highest BCUT2D eigenvalue weighted by Gasteiger charge is 2.26. The van der Waals surface area contributed by atoms with Crippen molar-refractivity contribution in [1.29, 1.82) is 0 Å². The van der Waals surface area contributed by atoms with Crippen molar-refractivity contribution in [3.05, 3.63) is 29.3 Å². The predicted octanol–water partition coefficient (Wildman–Crippen LogP) is 1.12. The largest absolute Gasteiger partial charge is 0.374 e. The van der Waals surface area contributed by atoms with Crippen LogP contribution >= 0.6 is 11.6 Å². The molecule has 1 aliphatic rings. The summed E-state index contributed by atoms with van der Waals surface area (Å²) in [5, 5.41) is 5.90. The molecule has 0 saturated carbocycles. The molecule has 1 aliphatic heterocycles. The second kappa shape index (κ2) is 7.28. The van der Waals surface area contributed by atoms with Gasteiger partial charge in [0, 0.05) is 30.3 Å². The summed E-state index contributed by atoms with van der Waals surface area (Å²) in [4.78, 5) is 11.8. The zero-order chi connectivity index (χ0) is 16.2. The number of amides is 2.